The molecule has 1 aliphatic rings. The number of carbonyl (C=O) groups is 1. The molecule has 2 heterocycles. The van der Waals surface area contributed by atoms with E-state index in [-0.39, 0.29) is 11.6 Å². The van der Waals surface area contributed by atoms with Crippen LogP contribution in [0.2, 0.25) is 0 Å². The van der Waals surface area contributed by atoms with Crippen molar-refractivity contribution in [2.24, 2.45) is 0 Å². The minimum Gasteiger partial charge on any atom is -0.494 e. The van der Waals surface area contributed by atoms with Crippen LogP contribution in [0.1, 0.15) is 27.8 Å². The molecule has 0 saturated heterocycles. The number of nitro benzene ring substituents is 1. The van der Waals surface area contributed by atoms with Gasteiger partial charge in [0.2, 0.25) is 0 Å². The van der Waals surface area contributed by atoms with E-state index in [1.807, 2.05) is 30.3 Å². The first-order chi connectivity index (χ1) is 14.1. The number of nitrogens with zero attached hydrogens (tertiary/aromatic N) is 3. The maximum absolute atomic E-state index is 13.0. The molecule has 29 heavy (non-hydrogen) atoms. The molecule has 1 aliphatic heterocycles. The van der Waals surface area contributed by atoms with Gasteiger partial charge in [0.1, 0.15) is 11.9 Å². The van der Waals surface area contributed by atoms with Crippen molar-refractivity contribution in [2.75, 3.05) is 12.4 Å². The van der Waals surface area contributed by atoms with E-state index < -0.39 is 11.1 Å². The second-order valence-corrected chi connectivity index (χ2v) is 6.54. The number of methoxy groups -OCH3 is 1. The normalized spacial score (nSPS) is 15.1. The third-order valence-corrected chi connectivity index (χ3v) is 4.78. The average molecular weight is 390 g/mol. The zero-order valence-electron chi connectivity index (χ0n) is 15.6. The quantitative estimate of drug-likeness (QED) is 0.508. The molecule has 0 fully saturated rings. The summed E-state index contributed by atoms with van der Waals surface area (Å²) in [7, 11) is 1.44. The van der Waals surface area contributed by atoms with Gasteiger partial charge in [0.05, 0.1) is 35.0 Å². The number of non-ortho nitro benzene ring substituents is 1. The van der Waals surface area contributed by atoms with Gasteiger partial charge < -0.3 is 15.0 Å². The number of ether oxygens (including phenoxy) is 1. The van der Waals surface area contributed by atoms with Crippen LogP contribution >= 0.6 is 0 Å². The second kappa shape index (κ2) is 7.59. The van der Waals surface area contributed by atoms with Gasteiger partial charge in [-0.05, 0) is 23.8 Å². The number of fused-ring (bicyclic) bond motifs is 1. The number of hydrogen-bond donors (Lipinski definition) is 1. The summed E-state index contributed by atoms with van der Waals surface area (Å²) in [5.41, 5.74) is 2.58. The first-order valence-electron chi connectivity index (χ1n) is 8.97. The second-order valence-electron chi connectivity index (χ2n) is 6.54. The number of aromatic nitrogens is 1. The molecule has 0 spiro atoms. The lowest BCUT2D eigenvalue weighted by Gasteiger charge is -2.27. The molecule has 4 rings (SSSR count). The highest BCUT2D eigenvalue weighted by Gasteiger charge is 2.38. The Hall–Kier alpha value is -3.94. The highest BCUT2D eigenvalue weighted by molar-refractivity contribution is 5.99. The lowest BCUT2D eigenvalue weighted by atomic mass is 10.2. The van der Waals surface area contributed by atoms with Crippen molar-refractivity contribution in [1.82, 2.24) is 9.88 Å². The summed E-state index contributed by atoms with van der Waals surface area (Å²) in [5.74, 6) is 0.186. The lowest BCUT2D eigenvalue weighted by molar-refractivity contribution is -0.384. The fourth-order valence-corrected chi connectivity index (χ4v) is 3.39. The van der Waals surface area contributed by atoms with Crippen molar-refractivity contribution in [3.8, 4) is 5.75 Å². The van der Waals surface area contributed by atoms with E-state index in [1.165, 1.54) is 19.2 Å². The van der Waals surface area contributed by atoms with Gasteiger partial charge in [-0.15, -0.1) is 0 Å². The summed E-state index contributed by atoms with van der Waals surface area (Å²) in [4.78, 5) is 29.7. The van der Waals surface area contributed by atoms with Gasteiger partial charge in [-0.1, -0.05) is 30.3 Å². The molecule has 146 valence electrons. The van der Waals surface area contributed by atoms with Crippen molar-refractivity contribution in [3.63, 3.8) is 0 Å². The van der Waals surface area contributed by atoms with Gasteiger partial charge in [-0.25, -0.2) is 0 Å². The number of benzene rings is 2. The minimum atomic E-state index is -0.533. The molecule has 8 heteroatoms. The molecule has 3 aromatic rings. The predicted octanol–water partition coefficient (Wildman–Crippen LogP) is 3.77. The van der Waals surface area contributed by atoms with E-state index in [1.54, 1.807) is 29.3 Å². The van der Waals surface area contributed by atoms with E-state index in [9.17, 15) is 14.9 Å². The molecular weight excluding hydrogens is 372 g/mol. The van der Waals surface area contributed by atoms with Gasteiger partial charge in [-0.2, -0.15) is 0 Å². The zero-order valence-corrected chi connectivity index (χ0v) is 15.6. The number of hydrogen-bond acceptors (Lipinski definition) is 6. The number of nitro groups is 1. The monoisotopic (exact) mass is 390 g/mol. The fraction of sp³-hybridized carbons (Fsp3) is 0.143. The van der Waals surface area contributed by atoms with Crippen molar-refractivity contribution < 1.29 is 14.5 Å². The molecule has 0 saturated carbocycles. The fourth-order valence-electron chi connectivity index (χ4n) is 3.39. The summed E-state index contributed by atoms with van der Waals surface area (Å²) in [6.07, 6.45) is 1.11. The molecule has 1 amide bonds. The Balaban J connectivity index is 1.71. The molecule has 2 aromatic carbocycles. The van der Waals surface area contributed by atoms with E-state index in [2.05, 4.69) is 10.3 Å². The SMILES string of the molecule is COc1cc([N+](=O)[O-])ccc1NC1c2ncccc2C(=O)N1Cc1ccccc1. The molecule has 0 aliphatic carbocycles. The Bertz CT molecular complexity index is 1070. The van der Waals surface area contributed by atoms with Crippen molar-refractivity contribution in [1.29, 1.82) is 0 Å². The smallest absolute Gasteiger partial charge is 0.273 e. The molecule has 1 N–H and O–H groups in total. The molecule has 1 unspecified atom stereocenters. The first-order valence-corrected chi connectivity index (χ1v) is 8.97. The Kier molecular flexibility index (Phi) is 4.82. The standard InChI is InChI=1S/C21H18N4O4/c1-29-18-12-15(25(27)28)9-10-17(18)23-20-19-16(8-5-11-22-19)21(26)24(20)13-14-6-3-2-4-7-14/h2-12,20,23H,13H2,1H3. The van der Waals surface area contributed by atoms with Gasteiger partial charge in [0.15, 0.2) is 0 Å². The lowest BCUT2D eigenvalue weighted by Crippen LogP contribution is -2.32. The van der Waals surface area contributed by atoms with Crippen LogP contribution in [-0.4, -0.2) is 27.8 Å². The van der Waals surface area contributed by atoms with Crippen LogP contribution in [0.4, 0.5) is 11.4 Å². The van der Waals surface area contributed by atoms with Crippen LogP contribution in [0.5, 0.6) is 5.75 Å². The first kappa shape index (κ1) is 18.4. The Morgan fingerprint density at radius 2 is 1.97 bits per heavy atom. The predicted molar refractivity (Wildman–Crippen MR) is 107 cm³/mol. The van der Waals surface area contributed by atoms with Crippen LogP contribution < -0.4 is 10.1 Å². The number of carbonyl (C=O) groups excluding carboxylic acids is 1. The zero-order chi connectivity index (χ0) is 20.4. The maximum Gasteiger partial charge on any atom is 0.273 e. The van der Waals surface area contributed by atoms with Crippen LogP contribution in [-0.2, 0) is 6.54 Å². The van der Waals surface area contributed by atoms with Crippen molar-refractivity contribution in [2.45, 2.75) is 12.7 Å². The number of nitrogens with one attached hydrogen (secondary N) is 1. The Morgan fingerprint density at radius 3 is 2.69 bits per heavy atom. The maximum atomic E-state index is 13.0. The Morgan fingerprint density at radius 1 is 1.17 bits per heavy atom. The number of amides is 1. The molecule has 1 atom stereocenters. The third kappa shape index (κ3) is 3.47. The number of pyridine rings is 1. The summed E-state index contributed by atoms with van der Waals surface area (Å²) in [6.45, 7) is 0.392. The minimum absolute atomic E-state index is 0.0745. The highest BCUT2D eigenvalue weighted by atomic mass is 16.6. The molecule has 8 nitrogen and oxygen atoms in total. The van der Waals surface area contributed by atoms with Crippen LogP contribution in [0.25, 0.3) is 0 Å². The van der Waals surface area contributed by atoms with Crippen LogP contribution in [0.15, 0.2) is 66.9 Å². The topological polar surface area (TPSA) is 97.6 Å². The highest BCUT2D eigenvalue weighted by Crippen LogP contribution is 2.37. The van der Waals surface area contributed by atoms with Gasteiger partial charge in [0.25, 0.3) is 11.6 Å². The van der Waals surface area contributed by atoms with Gasteiger partial charge in [0, 0.05) is 18.8 Å². The van der Waals surface area contributed by atoms with E-state index >= 15 is 0 Å². The molecule has 0 radical (unpaired) electrons. The number of rotatable bonds is 6. The molecule has 1 aromatic heterocycles. The molecule has 0 bridgehead atoms. The summed E-state index contributed by atoms with van der Waals surface area (Å²) < 4.78 is 5.32. The van der Waals surface area contributed by atoms with E-state index in [4.69, 9.17) is 4.74 Å². The molecular formula is C21H18N4O4. The van der Waals surface area contributed by atoms with Crippen molar-refractivity contribution >= 4 is 17.3 Å². The van der Waals surface area contributed by atoms with Gasteiger partial charge >= 0.3 is 0 Å². The van der Waals surface area contributed by atoms with E-state index in [0.717, 1.165) is 5.56 Å². The average Bonchev–Trinajstić information content (AvgIpc) is 3.00. The van der Waals surface area contributed by atoms with Crippen LogP contribution in [0.3, 0.4) is 0 Å². The summed E-state index contributed by atoms with van der Waals surface area (Å²) in [6, 6.07) is 17.4. The third-order valence-electron chi connectivity index (χ3n) is 4.78. The number of anilines is 1. The van der Waals surface area contributed by atoms with Crippen LogP contribution in [0, 0.1) is 10.1 Å². The van der Waals surface area contributed by atoms with E-state index in [0.29, 0.717) is 29.2 Å². The van der Waals surface area contributed by atoms with Gasteiger partial charge in [-0.3, -0.25) is 19.9 Å². The Labute approximate surface area is 166 Å². The van der Waals surface area contributed by atoms with Crippen molar-refractivity contribution in [3.05, 3.63) is 93.8 Å². The summed E-state index contributed by atoms with van der Waals surface area (Å²) in [5, 5.41) is 14.3. The largest absolute Gasteiger partial charge is 0.494 e. The summed E-state index contributed by atoms with van der Waals surface area (Å²) >= 11 is 0.